The Morgan fingerprint density at radius 2 is 1.67 bits per heavy atom. The van der Waals surface area contributed by atoms with Crippen LogP contribution in [0.4, 0.5) is 4.39 Å². The van der Waals surface area contributed by atoms with E-state index in [0.717, 1.165) is 37.9 Å². The monoisotopic (exact) mass is 327 g/mol. The maximum atomic E-state index is 13.0. The Bertz CT molecular complexity index is 630. The molecule has 0 aliphatic carbocycles. The van der Waals surface area contributed by atoms with E-state index in [9.17, 15) is 9.50 Å². The highest BCUT2D eigenvalue weighted by Crippen LogP contribution is 2.24. The summed E-state index contributed by atoms with van der Waals surface area (Å²) in [6, 6.07) is 15.0. The molecule has 2 aromatic rings. The molecule has 1 N–H and O–H groups in total. The lowest BCUT2D eigenvalue weighted by Gasteiger charge is -2.33. The van der Waals surface area contributed by atoms with Gasteiger partial charge in [-0.25, -0.2) is 4.39 Å². The minimum atomic E-state index is -0.417. The van der Waals surface area contributed by atoms with Gasteiger partial charge in [0, 0.05) is 6.54 Å². The SMILES string of the molecule is Cc1ccc(C(O)CN2CCC(Cc3ccc(F)cc3)CC2)cc1. The van der Waals surface area contributed by atoms with Gasteiger partial charge >= 0.3 is 0 Å². The molecule has 1 heterocycles. The van der Waals surface area contributed by atoms with Crippen LogP contribution in [0.25, 0.3) is 0 Å². The summed E-state index contributed by atoms with van der Waals surface area (Å²) >= 11 is 0. The van der Waals surface area contributed by atoms with Crippen LogP contribution < -0.4 is 0 Å². The van der Waals surface area contributed by atoms with E-state index < -0.39 is 6.10 Å². The Labute approximate surface area is 143 Å². The van der Waals surface area contributed by atoms with Crippen molar-refractivity contribution < 1.29 is 9.50 Å². The normalized spacial score (nSPS) is 17.8. The molecule has 0 radical (unpaired) electrons. The number of nitrogens with zero attached hydrogens (tertiary/aromatic N) is 1. The molecule has 1 unspecified atom stereocenters. The number of benzene rings is 2. The third kappa shape index (κ3) is 4.65. The zero-order chi connectivity index (χ0) is 16.9. The number of halogens is 1. The Kier molecular flexibility index (Phi) is 5.64. The zero-order valence-electron chi connectivity index (χ0n) is 14.3. The molecule has 1 saturated heterocycles. The van der Waals surface area contributed by atoms with Crippen LogP contribution in [-0.4, -0.2) is 29.6 Å². The number of aliphatic hydroxyl groups is 1. The fraction of sp³-hybridized carbons (Fsp3) is 0.429. The van der Waals surface area contributed by atoms with Crippen LogP contribution in [0.2, 0.25) is 0 Å². The summed E-state index contributed by atoms with van der Waals surface area (Å²) in [5, 5.41) is 10.4. The predicted octanol–water partition coefficient (Wildman–Crippen LogP) is 4.12. The first-order valence-corrected chi connectivity index (χ1v) is 8.81. The van der Waals surface area contributed by atoms with E-state index in [1.165, 1.54) is 11.1 Å². The molecule has 0 bridgehead atoms. The summed E-state index contributed by atoms with van der Waals surface area (Å²) in [5.41, 5.74) is 3.43. The van der Waals surface area contributed by atoms with Crippen molar-refractivity contribution in [2.24, 2.45) is 5.92 Å². The van der Waals surface area contributed by atoms with Crippen molar-refractivity contribution in [3.8, 4) is 0 Å². The van der Waals surface area contributed by atoms with E-state index in [4.69, 9.17) is 0 Å². The van der Waals surface area contributed by atoms with E-state index in [0.29, 0.717) is 12.5 Å². The van der Waals surface area contributed by atoms with Crippen LogP contribution in [-0.2, 0) is 6.42 Å². The highest BCUT2D eigenvalue weighted by atomic mass is 19.1. The highest BCUT2D eigenvalue weighted by Gasteiger charge is 2.21. The van der Waals surface area contributed by atoms with Gasteiger partial charge in [0.25, 0.3) is 0 Å². The largest absolute Gasteiger partial charge is 0.387 e. The lowest BCUT2D eigenvalue weighted by molar-refractivity contribution is 0.0893. The molecule has 24 heavy (non-hydrogen) atoms. The second kappa shape index (κ2) is 7.91. The molecule has 3 rings (SSSR count). The fourth-order valence-electron chi connectivity index (χ4n) is 3.47. The fourth-order valence-corrected chi connectivity index (χ4v) is 3.47. The van der Waals surface area contributed by atoms with Gasteiger partial charge in [0.05, 0.1) is 6.10 Å². The van der Waals surface area contributed by atoms with Gasteiger partial charge in [-0.05, 0) is 68.5 Å². The number of piperidine rings is 1. The first-order chi connectivity index (χ1) is 11.6. The van der Waals surface area contributed by atoms with Crippen LogP contribution in [0.3, 0.4) is 0 Å². The van der Waals surface area contributed by atoms with Gasteiger partial charge in [0.15, 0.2) is 0 Å². The summed E-state index contributed by atoms with van der Waals surface area (Å²) < 4.78 is 13.0. The summed E-state index contributed by atoms with van der Waals surface area (Å²) in [5.74, 6) is 0.488. The number of hydrogen-bond acceptors (Lipinski definition) is 2. The van der Waals surface area contributed by atoms with E-state index in [1.807, 2.05) is 36.4 Å². The van der Waals surface area contributed by atoms with Crippen molar-refractivity contribution >= 4 is 0 Å². The second-order valence-corrected chi connectivity index (χ2v) is 7.00. The van der Waals surface area contributed by atoms with Gasteiger partial charge in [-0.1, -0.05) is 42.0 Å². The average Bonchev–Trinajstić information content (AvgIpc) is 2.59. The Hall–Kier alpha value is -1.71. The maximum Gasteiger partial charge on any atom is 0.123 e. The number of rotatable bonds is 5. The second-order valence-electron chi connectivity index (χ2n) is 7.00. The third-order valence-electron chi connectivity index (χ3n) is 5.04. The number of aliphatic hydroxyl groups excluding tert-OH is 1. The summed E-state index contributed by atoms with van der Waals surface area (Å²) in [6.07, 6.45) is 2.88. The topological polar surface area (TPSA) is 23.5 Å². The lowest BCUT2D eigenvalue weighted by atomic mass is 9.90. The van der Waals surface area contributed by atoms with Gasteiger partial charge in [0.2, 0.25) is 0 Å². The summed E-state index contributed by atoms with van der Waals surface area (Å²) in [6.45, 7) is 4.80. The standard InChI is InChI=1S/C21H26FNO/c1-16-2-6-19(7-3-16)21(24)15-23-12-10-18(11-13-23)14-17-4-8-20(22)9-5-17/h2-9,18,21,24H,10-15H2,1H3. The van der Waals surface area contributed by atoms with Crippen LogP contribution in [0.1, 0.15) is 35.6 Å². The van der Waals surface area contributed by atoms with Gasteiger partial charge in [0.1, 0.15) is 5.82 Å². The van der Waals surface area contributed by atoms with E-state index >= 15 is 0 Å². The first kappa shape index (κ1) is 17.1. The quantitative estimate of drug-likeness (QED) is 0.893. The third-order valence-corrected chi connectivity index (χ3v) is 5.04. The van der Waals surface area contributed by atoms with Gasteiger partial charge in [-0.3, -0.25) is 0 Å². The molecular formula is C21H26FNO. The molecule has 3 heteroatoms. The molecular weight excluding hydrogens is 301 g/mol. The van der Waals surface area contributed by atoms with Crippen molar-refractivity contribution in [3.63, 3.8) is 0 Å². The zero-order valence-corrected chi connectivity index (χ0v) is 14.3. The molecule has 1 fully saturated rings. The number of aryl methyl sites for hydroxylation is 1. The van der Waals surface area contributed by atoms with Crippen LogP contribution in [0, 0.1) is 18.7 Å². The van der Waals surface area contributed by atoms with Crippen LogP contribution in [0.5, 0.6) is 0 Å². The van der Waals surface area contributed by atoms with Gasteiger partial charge in [-0.15, -0.1) is 0 Å². The number of β-amino-alcohol motifs (C(OH)–C–C–N with tert-alkyl or cyclic N) is 1. The number of likely N-dealkylation sites (tertiary alicyclic amines) is 1. The van der Waals surface area contributed by atoms with Gasteiger partial charge in [-0.2, -0.15) is 0 Å². The number of hydrogen-bond donors (Lipinski definition) is 1. The molecule has 0 amide bonds. The summed E-state index contributed by atoms with van der Waals surface area (Å²) in [7, 11) is 0. The van der Waals surface area contributed by atoms with Gasteiger partial charge < -0.3 is 10.0 Å². The highest BCUT2D eigenvalue weighted by molar-refractivity contribution is 5.23. The minimum absolute atomic E-state index is 0.168. The molecule has 2 nitrogen and oxygen atoms in total. The van der Waals surface area contributed by atoms with E-state index in [2.05, 4.69) is 11.8 Å². The van der Waals surface area contributed by atoms with E-state index in [1.54, 1.807) is 12.1 Å². The van der Waals surface area contributed by atoms with Crippen molar-refractivity contribution in [1.29, 1.82) is 0 Å². The molecule has 1 atom stereocenters. The Morgan fingerprint density at radius 3 is 2.29 bits per heavy atom. The molecule has 2 aromatic carbocycles. The van der Waals surface area contributed by atoms with Crippen molar-refractivity contribution in [2.75, 3.05) is 19.6 Å². The predicted molar refractivity (Wildman–Crippen MR) is 95.4 cm³/mol. The molecule has 0 aromatic heterocycles. The van der Waals surface area contributed by atoms with Crippen LogP contribution >= 0.6 is 0 Å². The van der Waals surface area contributed by atoms with Crippen LogP contribution in [0.15, 0.2) is 48.5 Å². The molecule has 0 saturated carbocycles. The molecule has 1 aliphatic rings. The molecule has 1 aliphatic heterocycles. The lowest BCUT2D eigenvalue weighted by Crippen LogP contribution is -2.37. The minimum Gasteiger partial charge on any atom is -0.387 e. The average molecular weight is 327 g/mol. The van der Waals surface area contributed by atoms with Crippen molar-refractivity contribution in [3.05, 3.63) is 71.0 Å². The maximum absolute atomic E-state index is 13.0. The molecule has 0 spiro atoms. The van der Waals surface area contributed by atoms with E-state index in [-0.39, 0.29) is 5.82 Å². The first-order valence-electron chi connectivity index (χ1n) is 8.81. The van der Waals surface area contributed by atoms with Crippen molar-refractivity contribution in [1.82, 2.24) is 4.90 Å². The summed E-state index contributed by atoms with van der Waals surface area (Å²) in [4.78, 5) is 2.35. The Morgan fingerprint density at radius 1 is 1.04 bits per heavy atom. The molecule has 128 valence electrons. The smallest absolute Gasteiger partial charge is 0.123 e. The van der Waals surface area contributed by atoms with Crippen molar-refractivity contribution in [2.45, 2.75) is 32.3 Å². The Balaban J connectivity index is 1.46.